The number of primary amides is 1. The molecule has 0 unspecified atom stereocenters. The van der Waals surface area contributed by atoms with Crippen LogP contribution in [0.15, 0.2) is 78.9 Å². The van der Waals surface area contributed by atoms with Crippen molar-refractivity contribution in [1.29, 1.82) is 0 Å². The Morgan fingerprint density at radius 3 is 1.96 bits per heavy atom. The normalized spacial score (nSPS) is 23.9. The monoisotopic (exact) mass is 1520 g/mol. The van der Waals surface area contributed by atoms with E-state index in [0.29, 0.717) is 19.4 Å². The number of benzene rings is 5. The number of unbranched alkanes of at least 4 members (excludes halogenated alkanes) is 5. The number of phenols is 2. The number of hydrogen-bond acceptors (Lipinski definition) is 24. The van der Waals surface area contributed by atoms with Crippen molar-refractivity contribution < 1.29 is 108 Å². The first-order chi connectivity index (χ1) is 51.4. The zero-order chi connectivity index (χ0) is 78.5. The van der Waals surface area contributed by atoms with E-state index in [-0.39, 0.29) is 81.1 Å². The fourth-order valence-corrected chi connectivity index (χ4v) is 13.2. The largest absolute Gasteiger partial charge is 0.507 e. The summed E-state index contributed by atoms with van der Waals surface area (Å²) in [6.45, 7) is 7.02. The number of likely N-dealkylation sites (N-methyl/N-ethyl adjacent to an activating group) is 1. The summed E-state index contributed by atoms with van der Waals surface area (Å²) in [6, 6.07) is 1.50. The summed E-state index contributed by atoms with van der Waals surface area (Å²) in [5, 5.41) is 116. The third-order valence-corrected chi connectivity index (χ3v) is 19.0. The fourth-order valence-electron chi connectivity index (χ4n) is 12.9. The van der Waals surface area contributed by atoms with E-state index in [4.69, 9.17) is 41.0 Å². The summed E-state index contributed by atoms with van der Waals surface area (Å²) >= 11 is 7.11. The van der Waals surface area contributed by atoms with E-state index in [9.17, 15) is 64.8 Å². The number of aliphatic hydroxyl groups is 6. The number of fused-ring (bicyclic) bond motifs is 15. The highest BCUT2D eigenvalue weighted by Gasteiger charge is 2.47. The van der Waals surface area contributed by atoms with E-state index in [1.54, 1.807) is 14.1 Å². The lowest BCUT2D eigenvalue weighted by atomic mass is 9.89. The van der Waals surface area contributed by atoms with Crippen LogP contribution in [0.4, 0.5) is 4.79 Å². The molecule has 11 bridgehead atoms. The van der Waals surface area contributed by atoms with Gasteiger partial charge < -0.3 is 123 Å². The Kier molecular flexibility index (Phi) is 28.0. The zero-order valence-electron chi connectivity index (χ0n) is 60.6. The smallest absolute Gasteiger partial charge is 0.412 e. The van der Waals surface area contributed by atoms with Crippen LogP contribution >= 0.6 is 11.6 Å². The van der Waals surface area contributed by atoms with Crippen LogP contribution < -0.4 is 72.5 Å². The number of nitrogens with two attached hydrogens (primary N) is 1. The molecule has 584 valence electrons. The lowest BCUT2D eigenvalue weighted by Gasteiger charge is -2.39. The zero-order valence-corrected chi connectivity index (χ0v) is 61.3. The number of ether oxygens (including phenoxy) is 5. The molecule has 5 aromatic rings. The van der Waals surface area contributed by atoms with Crippen molar-refractivity contribution >= 4 is 65.0 Å². The molecule has 5 aromatic carbocycles. The van der Waals surface area contributed by atoms with Crippen LogP contribution in [0.2, 0.25) is 5.02 Å². The predicted molar refractivity (Wildman–Crippen MR) is 387 cm³/mol. The van der Waals surface area contributed by atoms with E-state index < -0.39 is 191 Å². The van der Waals surface area contributed by atoms with Crippen LogP contribution in [0.5, 0.6) is 46.0 Å². The van der Waals surface area contributed by atoms with Crippen molar-refractivity contribution in [2.24, 2.45) is 11.7 Å². The van der Waals surface area contributed by atoms with Gasteiger partial charge in [-0.15, -0.1) is 0 Å². The summed E-state index contributed by atoms with van der Waals surface area (Å²) in [4.78, 5) is 135. The van der Waals surface area contributed by atoms with Crippen molar-refractivity contribution in [3.63, 3.8) is 0 Å². The lowest BCUT2D eigenvalue weighted by molar-refractivity contribution is -0.277. The molecule has 0 radical (unpaired) electrons. The van der Waals surface area contributed by atoms with Gasteiger partial charge in [0.1, 0.15) is 102 Å². The van der Waals surface area contributed by atoms with Crippen molar-refractivity contribution in [2.45, 2.75) is 171 Å². The first-order valence-electron chi connectivity index (χ1n) is 35.5. The second kappa shape index (κ2) is 36.8. The number of phenolic OH excluding ortho intramolecular Hbond substituents is 2. The molecule has 11 rings (SSSR count). The summed E-state index contributed by atoms with van der Waals surface area (Å²) in [7, 11) is 5.10. The minimum Gasteiger partial charge on any atom is -0.507 e. The Morgan fingerprint density at radius 2 is 1.31 bits per heavy atom. The number of halogens is 1. The summed E-state index contributed by atoms with van der Waals surface area (Å²) < 4.78 is 31.1. The fraction of sp³-hybridized carbons (Fsp3) is 0.473. The molecular formula is C74H94ClN11O22. The number of aryl methyl sites for hydroxylation is 1. The van der Waals surface area contributed by atoms with E-state index >= 15 is 19.2 Å². The van der Waals surface area contributed by atoms with Gasteiger partial charge in [-0.1, -0.05) is 82.7 Å². The average molecular weight is 1530 g/mol. The van der Waals surface area contributed by atoms with E-state index in [1.807, 2.05) is 18.7 Å². The van der Waals surface area contributed by atoms with E-state index in [0.717, 1.165) is 80.6 Å². The topological polar surface area (TPSA) is 499 Å². The molecule has 1 fully saturated rings. The third-order valence-electron chi connectivity index (χ3n) is 18.7. The number of nitrogens with zero attached hydrogens (tertiary/aromatic N) is 1. The van der Waals surface area contributed by atoms with Crippen LogP contribution in [-0.4, -0.2) is 201 Å². The second-order valence-corrected chi connectivity index (χ2v) is 28.1. The third kappa shape index (κ3) is 19.9. The molecule has 33 nitrogen and oxygen atoms in total. The second-order valence-electron chi connectivity index (χ2n) is 27.7. The molecule has 34 heteroatoms. The number of rotatable bonds is 23. The Bertz CT molecular complexity index is 4150. The highest BCUT2D eigenvalue weighted by atomic mass is 35.5. The molecule has 1 saturated heterocycles. The molecule has 0 aromatic heterocycles. The Morgan fingerprint density at radius 1 is 0.667 bits per heavy atom. The Labute approximate surface area is 626 Å². The van der Waals surface area contributed by atoms with Crippen molar-refractivity contribution in [3.05, 3.63) is 117 Å². The Balaban J connectivity index is 1.28. The van der Waals surface area contributed by atoms with Crippen LogP contribution in [-0.2, 0) is 43.1 Å². The van der Waals surface area contributed by atoms with Crippen molar-refractivity contribution in [2.75, 3.05) is 47.4 Å². The molecule has 6 aliphatic rings. The van der Waals surface area contributed by atoms with Gasteiger partial charge in [-0.2, -0.15) is 0 Å². The maximum Gasteiger partial charge on any atom is 0.412 e. The SMILES string of the molecule is CCCCCCCCNC(=O)Oc1cc(O)c2c(c1)[C@@H](C(=O)NCCCN(C)C)NC(=O)[C@H]1NC(=O)[C@H](NC(=O)[C@@H]3NC(=O)[C@H](CC(N)=O)NC(=O)[C@H](NC(=O)[C@@H](CC(C)C)NC)[C@H](O)c4ccc(c(C)c4)Oc4cc3cc(c4O[C@@H]3O[C@H](CO)[C@@H](O)[C@H](O)[C@H]3O)Oc3ccc(cc3Cl)[C@H]1O)c1ccc(O)c-2c1. The quantitative estimate of drug-likeness (QED) is 0.0417. The minimum absolute atomic E-state index is 0.00526. The van der Waals surface area contributed by atoms with Gasteiger partial charge in [0.2, 0.25) is 59.3 Å². The van der Waals surface area contributed by atoms with Gasteiger partial charge in [0.05, 0.1) is 24.1 Å². The average Bonchev–Trinajstić information content (AvgIpc) is 0.764. The van der Waals surface area contributed by atoms with Crippen molar-refractivity contribution in [3.8, 4) is 57.1 Å². The van der Waals surface area contributed by atoms with Gasteiger partial charge in [0.25, 0.3) is 0 Å². The summed E-state index contributed by atoms with van der Waals surface area (Å²) in [5.41, 5.74) is 3.92. The maximum absolute atomic E-state index is 16.1. The summed E-state index contributed by atoms with van der Waals surface area (Å²) in [6.07, 6.45) is -9.80. The first-order valence-corrected chi connectivity index (χ1v) is 35.9. The Hall–Kier alpha value is -9.94. The van der Waals surface area contributed by atoms with E-state index in [1.165, 1.54) is 44.3 Å². The molecule has 108 heavy (non-hydrogen) atoms. The molecule has 9 amide bonds. The van der Waals surface area contributed by atoms with Gasteiger partial charge in [-0.25, -0.2) is 4.79 Å². The number of carbonyl (C=O) groups is 9. The molecule has 19 N–H and O–H groups in total. The van der Waals surface area contributed by atoms with Gasteiger partial charge in [0.15, 0.2) is 11.5 Å². The minimum atomic E-state index is -2.29. The van der Waals surface area contributed by atoms with Gasteiger partial charge >= 0.3 is 6.09 Å². The first kappa shape index (κ1) is 82.1. The van der Waals surface area contributed by atoms with E-state index in [2.05, 4.69) is 54.8 Å². The number of hydrogen-bond donors (Lipinski definition) is 18. The molecule has 0 saturated carbocycles. The van der Waals surface area contributed by atoms with Gasteiger partial charge in [-0.3, -0.25) is 38.4 Å². The standard InChI is InChI=1S/C74H94ClN11O22/c1-8-9-10-11-12-13-21-79-74(103)104-40-30-42-54(47(89)31-40)41-26-36(15-18-46(41)88)55-69(99)85-59(72(102)83-57(42)68(98)78-22-14-23-86(6)7)61(92)38-17-20-49(43(75)27-38)106-51-29-39-28-50(65(51)108-73-64(95)63(94)62(93)52(33-87)107-73)105-48-19-16-37(25-35(48)4)60(91)58(84-66(96)44(77-5)24-34(2)3)71(101)80-45(32-53(76)90)67(97)81-56(39)70(100)82-55/h15-20,25-31,34,44-45,52,55-64,73,77,87-89,91-95H,8-14,21-24,32-33H2,1-7H3,(H2,76,90)(H,78,98)(H,79,103)(H,80,101)(H,81,97)(H,82,100)(H,83,102)(H,84,96)(H,85,99)/t44-,45+,52-,55-,56-,57+,58-,59+,60-,61-,62-,63+,64-,73+/m1/s1. The number of aromatic hydroxyl groups is 2. The lowest BCUT2D eigenvalue weighted by Crippen LogP contribution is -2.60. The van der Waals surface area contributed by atoms with Gasteiger partial charge in [-0.05, 0) is 148 Å². The highest BCUT2D eigenvalue weighted by molar-refractivity contribution is 6.32. The maximum atomic E-state index is 16.1. The number of carbonyl (C=O) groups excluding carboxylic acids is 9. The van der Waals surface area contributed by atoms with Crippen LogP contribution in [0.1, 0.15) is 142 Å². The molecule has 0 aliphatic carbocycles. The van der Waals surface area contributed by atoms with Crippen molar-refractivity contribution in [1.82, 2.24) is 52.8 Å². The molecule has 14 atom stereocenters. The van der Waals surface area contributed by atoms with Crippen LogP contribution in [0.25, 0.3) is 11.1 Å². The highest BCUT2D eigenvalue weighted by Crippen LogP contribution is 2.49. The number of aliphatic hydroxyl groups excluding tert-OH is 6. The summed E-state index contributed by atoms with van der Waals surface area (Å²) in [5.74, 6) is -13.6. The van der Waals surface area contributed by atoms with Crippen LogP contribution in [0, 0.1) is 12.8 Å². The molecule has 6 heterocycles. The predicted octanol–water partition coefficient (Wildman–Crippen LogP) is 2.25. The number of nitrogens with one attached hydrogen (secondary N) is 9. The molecule has 6 aliphatic heterocycles. The number of amides is 9. The molecule has 0 spiro atoms. The molecular weight excluding hydrogens is 1430 g/mol. The van der Waals surface area contributed by atoms with Crippen LogP contribution in [0.3, 0.4) is 0 Å². The van der Waals surface area contributed by atoms with Gasteiger partial charge in [0, 0.05) is 30.3 Å².